The lowest BCUT2D eigenvalue weighted by Crippen LogP contribution is -2.11. The van der Waals surface area contributed by atoms with Gasteiger partial charge in [-0.25, -0.2) is 0 Å². The molecule has 0 aromatic carbocycles. The lowest BCUT2D eigenvalue weighted by molar-refractivity contribution is -0.117. The van der Waals surface area contributed by atoms with E-state index in [1.807, 2.05) is 6.92 Å². The number of rotatable bonds is 4. The van der Waals surface area contributed by atoms with E-state index in [2.05, 4.69) is 13.2 Å². The van der Waals surface area contributed by atoms with Gasteiger partial charge in [0.05, 0.1) is 6.42 Å². The number of primary amides is 1. The molecule has 0 aromatic heterocycles. The molecule has 0 unspecified atom stereocenters. The van der Waals surface area contributed by atoms with Gasteiger partial charge in [-0.3, -0.25) is 4.79 Å². The SMILES string of the molecule is C=C/C=C(/CC(N)=O)C(=C)C. The number of allylic oxidation sites excluding steroid dienone is 3. The van der Waals surface area contributed by atoms with E-state index in [9.17, 15) is 4.79 Å². The van der Waals surface area contributed by atoms with Crippen LogP contribution in [-0.4, -0.2) is 5.91 Å². The summed E-state index contributed by atoms with van der Waals surface area (Å²) in [5.41, 5.74) is 6.70. The number of hydrogen-bond donors (Lipinski definition) is 1. The van der Waals surface area contributed by atoms with Crippen LogP contribution in [0.15, 0.2) is 36.5 Å². The summed E-state index contributed by atoms with van der Waals surface area (Å²) in [6.45, 7) is 9.06. The molecule has 11 heavy (non-hydrogen) atoms. The Morgan fingerprint density at radius 2 is 2.18 bits per heavy atom. The summed E-state index contributed by atoms with van der Waals surface area (Å²) in [6.07, 6.45) is 3.60. The Hall–Kier alpha value is -1.31. The van der Waals surface area contributed by atoms with Crippen molar-refractivity contribution < 1.29 is 4.79 Å². The summed E-state index contributed by atoms with van der Waals surface area (Å²) in [5.74, 6) is -0.346. The van der Waals surface area contributed by atoms with Crippen LogP contribution in [0.3, 0.4) is 0 Å². The van der Waals surface area contributed by atoms with Crippen molar-refractivity contribution in [3.63, 3.8) is 0 Å². The van der Waals surface area contributed by atoms with Gasteiger partial charge < -0.3 is 5.73 Å². The summed E-state index contributed by atoms with van der Waals surface area (Å²) < 4.78 is 0. The predicted octanol–water partition coefficient (Wildman–Crippen LogP) is 1.55. The summed E-state index contributed by atoms with van der Waals surface area (Å²) in [7, 11) is 0. The van der Waals surface area contributed by atoms with E-state index in [1.165, 1.54) is 0 Å². The van der Waals surface area contributed by atoms with Crippen molar-refractivity contribution in [1.82, 2.24) is 0 Å². The quantitative estimate of drug-likeness (QED) is 0.608. The molecule has 0 saturated carbocycles. The topological polar surface area (TPSA) is 43.1 Å². The summed E-state index contributed by atoms with van der Waals surface area (Å²) in [5, 5.41) is 0. The molecule has 0 aliphatic heterocycles. The summed E-state index contributed by atoms with van der Waals surface area (Å²) in [6, 6.07) is 0. The molecule has 0 aromatic rings. The molecule has 0 bridgehead atoms. The van der Waals surface area contributed by atoms with Gasteiger partial charge in [0, 0.05) is 0 Å². The average molecular weight is 151 g/mol. The molecule has 0 spiro atoms. The van der Waals surface area contributed by atoms with Crippen LogP contribution in [0.5, 0.6) is 0 Å². The minimum atomic E-state index is -0.346. The second kappa shape index (κ2) is 4.50. The van der Waals surface area contributed by atoms with E-state index in [0.29, 0.717) is 0 Å². The molecule has 0 radical (unpaired) electrons. The zero-order valence-electron chi connectivity index (χ0n) is 6.76. The van der Waals surface area contributed by atoms with Crippen molar-refractivity contribution in [2.24, 2.45) is 5.73 Å². The van der Waals surface area contributed by atoms with E-state index in [0.717, 1.165) is 11.1 Å². The molecule has 0 aliphatic carbocycles. The third-order valence-corrected chi connectivity index (χ3v) is 1.23. The second-order valence-electron chi connectivity index (χ2n) is 2.35. The first-order valence-electron chi connectivity index (χ1n) is 3.33. The highest BCUT2D eigenvalue weighted by molar-refractivity contribution is 5.77. The van der Waals surface area contributed by atoms with Crippen molar-refractivity contribution >= 4 is 5.91 Å². The zero-order valence-corrected chi connectivity index (χ0v) is 6.76. The molecule has 0 rings (SSSR count). The van der Waals surface area contributed by atoms with Gasteiger partial charge in [0.15, 0.2) is 0 Å². The Kier molecular flexibility index (Phi) is 3.96. The van der Waals surface area contributed by atoms with Gasteiger partial charge >= 0.3 is 0 Å². The van der Waals surface area contributed by atoms with Crippen LogP contribution in [0.25, 0.3) is 0 Å². The van der Waals surface area contributed by atoms with Gasteiger partial charge in [0.1, 0.15) is 0 Å². The number of hydrogen-bond acceptors (Lipinski definition) is 1. The molecule has 2 nitrogen and oxygen atoms in total. The van der Waals surface area contributed by atoms with Crippen molar-refractivity contribution in [3.8, 4) is 0 Å². The van der Waals surface area contributed by atoms with Gasteiger partial charge in [-0.2, -0.15) is 0 Å². The molecule has 0 atom stereocenters. The fourth-order valence-corrected chi connectivity index (χ4v) is 0.682. The molecule has 2 N–H and O–H groups in total. The maximum Gasteiger partial charge on any atom is 0.221 e. The third-order valence-electron chi connectivity index (χ3n) is 1.23. The highest BCUT2D eigenvalue weighted by Gasteiger charge is 2.00. The highest BCUT2D eigenvalue weighted by atomic mass is 16.1. The van der Waals surface area contributed by atoms with Gasteiger partial charge in [-0.05, 0) is 12.5 Å². The zero-order chi connectivity index (χ0) is 8.85. The maximum absolute atomic E-state index is 10.5. The molecular weight excluding hydrogens is 138 g/mol. The number of nitrogens with two attached hydrogens (primary N) is 1. The molecule has 60 valence electrons. The Balaban J connectivity index is 4.35. The van der Waals surface area contributed by atoms with E-state index in [4.69, 9.17) is 5.73 Å². The van der Waals surface area contributed by atoms with Crippen LogP contribution in [0.4, 0.5) is 0 Å². The van der Waals surface area contributed by atoms with Crippen molar-refractivity contribution in [3.05, 3.63) is 36.5 Å². The molecule has 0 aliphatic rings. The van der Waals surface area contributed by atoms with E-state index < -0.39 is 0 Å². The van der Waals surface area contributed by atoms with Crippen LogP contribution in [0.2, 0.25) is 0 Å². The molecule has 0 saturated heterocycles. The Labute approximate surface area is 67.1 Å². The Bertz CT molecular complexity index is 214. The van der Waals surface area contributed by atoms with Crippen LogP contribution in [0, 0.1) is 0 Å². The van der Waals surface area contributed by atoms with Gasteiger partial charge in [-0.15, -0.1) is 0 Å². The summed E-state index contributed by atoms with van der Waals surface area (Å²) in [4.78, 5) is 10.5. The Morgan fingerprint density at radius 3 is 2.45 bits per heavy atom. The third kappa shape index (κ3) is 4.14. The minimum Gasteiger partial charge on any atom is -0.369 e. The fraction of sp³-hybridized carbons (Fsp3) is 0.222. The van der Waals surface area contributed by atoms with Crippen LogP contribution in [0.1, 0.15) is 13.3 Å². The van der Waals surface area contributed by atoms with Gasteiger partial charge in [-0.1, -0.05) is 30.9 Å². The predicted molar refractivity (Wildman–Crippen MR) is 46.9 cm³/mol. The first-order valence-corrected chi connectivity index (χ1v) is 3.33. The molecule has 0 heterocycles. The number of carbonyl (C=O) groups excluding carboxylic acids is 1. The normalized spacial score (nSPS) is 10.8. The molecule has 0 fully saturated rings. The fourth-order valence-electron chi connectivity index (χ4n) is 0.682. The summed E-state index contributed by atoms with van der Waals surface area (Å²) >= 11 is 0. The first-order chi connectivity index (χ1) is 5.07. The van der Waals surface area contributed by atoms with E-state index in [1.54, 1.807) is 12.2 Å². The van der Waals surface area contributed by atoms with E-state index in [-0.39, 0.29) is 12.3 Å². The standard InChI is InChI=1S/C9H13NO/c1-4-5-8(7(2)3)6-9(10)11/h4-5H,1-2,6H2,3H3,(H2,10,11)/b8-5-. The van der Waals surface area contributed by atoms with Crippen molar-refractivity contribution in [1.29, 1.82) is 0 Å². The van der Waals surface area contributed by atoms with Crippen molar-refractivity contribution in [2.45, 2.75) is 13.3 Å². The maximum atomic E-state index is 10.5. The molecule has 1 amide bonds. The number of carbonyl (C=O) groups is 1. The molecule has 2 heteroatoms. The van der Waals surface area contributed by atoms with Crippen LogP contribution < -0.4 is 5.73 Å². The average Bonchev–Trinajstić information content (AvgIpc) is 1.86. The largest absolute Gasteiger partial charge is 0.369 e. The monoisotopic (exact) mass is 151 g/mol. The van der Waals surface area contributed by atoms with Crippen LogP contribution >= 0.6 is 0 Å². The first kappa shape index (κ1) is 9.69. The van der Waals surface area contributed by atoms with Crippen molar-refractivity contribution in [2.75, 3.05) is 0 Å². The highest BCUT2D eigenvalue weighted by Crippen LogP contribution is 2.10. The van der Waals surface area contributed by atoms with Gasteiger partial charge in [0.2, 0.25) is 5.91 Å². The molecular formula is C9H13NO. The smallest absolute Gasteiger partial charge is 0.221 e. The van der Waals surface area contributed by atoms with Gasteiger partial charge in [0.25, 0.3) is 0 Å². The van der Waals surface area contributed by atoms with E-state index >= 15 is 0 Å². The van der Waals surface area contributed by atoms with Crippen LogP contribution in [-0.2, 0) is 4.79 Å². The lowest BCUT2D eigenvalue weighted by atomic mass is 10.1. The lowest BCUT2D eigenvalue weighted by Gasteiger charge is -2.01. The minimum absolute atomic E-state index is 0.237. The number of amides is 1. The second-order valence-corrected chi connectivity index (χ2v) is 2.35. The Morgan fingerprint density at radius 1 is 1.64 bits per heavy atom.